The van der Waals surface area contributed by atoms with E-state index >= 15 is 0 Å². The SMILES string of the molecule is C=C(C(=O)NC(C)Oc1c(Cl)cc(Cl)cc1Cl)c1cc[nH]c1. The van der Waals surface area contributed by atoms with Crippen molar-refractivity contribution >= 4 is 46.3 Å². The number of hydrogen-bond acceptors (Lipinski definition) is 2. The topological polar surface area (TPSA) is 54.1 Å². The van der Waals surface area contributed by atoms with Crippen molar-refractivity contribution in [2.24, 2.45) is 0 Å². The van der Waals surface area contributed by atoms with Crippen molar-refractivity contribution in [2.75, 3.05) is 0 Å². The third-order valence-corrected chi connectivity index (χ3v) is 3.59. The van der Waals surface area contributed by atoms with E-state index < -0.39 is 6.23 Å². The maximum Gasteiger partial charge on any atom is 0.254 e. The fourth-order valence-electron chi connectivity index (χ4n) is 1.76. The highest BCUT2D eigenvalue weighted by atomic mass is 35.5. The van der Waals surface area contributed by atoms with E-state index in [1.807, 2.05) is 0 Å². The van der Waals surface area contributed by atoms with Crippen LogP contribution >= 0.6 is 34.8 Å². The van der Waals surface area contributed by atoms with E-state index in [-0.39, 0.29) is 21.7 Å². The van der Waals surface area contributed by atoms with E-state index in [0.29, 0.717) is 16.2 Å². The zero-order valence-electron chi connectivity index (χ0n) is 11.6. The predicted molar refractivity (Wildman–Crippen MR) is 89.5 cm³/mol. The molecular formula is C15H13Cl3N2O2. The Morgan fingerprint density at radius 1 is 1.32 bits per heavy atom. The molecule has 0 radical (unpaired) electrons. The number of carbonyl (C=O) groups is 1. The summed E-state index contributed by atoms with van der Waals surface area (Å²) in [6.07, 6.45) is 2.74. The van der Waals surface area contributed by atoms with Crippen LogP contribution in [0, 0.1) is 0 Å². The molecule has 0 saturated heterocycles. The average molecular weight is 360 g/mol. The van der Waals surface area contributed by atoms with Gasteiger partial charge in [-0.15, -0.1) is 0 Å². The van der Waals surface area contributed by atoms with Crippen LogP contribution in [-0.4, -0.2) is 17.1 Å². The molecule has 2 N–H and O–H groups in total. The Hall–Kier alpha value is -1.62. The van der Waals surface area contributed by atoms with Gasteiger partial charge in [0, 0.05) is 28.6 Å². The number of ether oxygens (including phenoxy) is 1. The Labute approximate surface area is 143 Å². The molecule has 1 amide bonds. The number of carbonyl (C=O) groups excluding carboxylic acids is 1. The second-order valence-electron chi connectivity index (χ2n) is 4.51. The van der Waals surface area contributed by atoms with Crippen LogP contribution in [0.5, 0.6) is 5.75 Å². The summed E-state index contributed by atoms with van der Waals surface area (Å²) in [7, 11) is 0. The molecule has 0 aliphatic rings. The highest BCUT2D eigenvalue weighted by Crippen LogP contribution is 2.36. The van der Waals surface area contributed by atoms with E-state index in [4.69, 9.17) is 39.5 Å². The van der Waals surface area contributed by atoms with Gasteiger partial charge in [-0.2, -0.15) is 0 Å². The molecule has 2 aromatic rings. The second kappa shape index (κ2) is 7.09. The van der Waals surface area contributed by atoms with Crippen LogP contribution in [0.25, 0.3) is 5.57 Å². The van der Waals surface area contributed by atoms with Crippen LogP contribution in [0.4, 0.5) is 0 Å². The minimum atomic E-state index is -0.653. The van der Waals surface area contributed by atoms with E-state index in [2.05, 4.69) is 16.9 Å². The van der Waals surface area contributed by atoms with E-state index in [9.17, 15) is 4.79 Å². The first-order chi connectivity index (χ1) is 10.4. The van der Waals surface area contributed by atoms with Gasteiger partial charge in [-0.05, 0) is 25.1 Å². The van der Waals surface area contributed by atoms with E-state index in [0.717, 1.165) is 0 Å². The molecular weight excluding hydrogens is 347 g/mol. The first kappa shape index (κ1) is 16.7. The molecule has 1 aromatic heterocycles. The van der Waals surface area contributed by atoms with Gasteiger partial charge in [0.25, 0.3) is 5.91 Å². The van der Waals surface area contributed by atoms with Crippen LogP contribution in [0.1, 0.15) is 12.5 Å². The lowest BCUT2D eigenvalue weighted by atomic mass is 10.1. The normalized spacial score (nSPS) is 11.8. The molecule has 0 bridgehead atoms. The van der Waals surface area contributed by atoms with Crippen LogP contribution in [0.15, 0.2) is 37.2 Å². The Kier molecular flexibility index (Phi) is 5.40. The zero-order valence-corrected chi connectivity index (χ0v) is 13.9. The third-order valence-electron chi connectivity index (χ3n) is 2.81. The standard InChI is InChI=1S/C15H13Cl3N2O2/c1-8(10-3-4-19-7-10)15(21)20-9(2)22-14-12(17)5-11(16)6-13(14)18/h3-7,9,19H,1H2,2H3,(H,20,21). The van der Waals surface area contributed by atoms with Crippen molar-refractivity contribution in [2.45, 2.75) is 13.2 Å². The van der Waals surface area contributed by atoms with Crippen molar-refractivity contribution in [1.82, 2.24) is 10.3 Å². The maximum absolute atomic E-state index is 12.1. The third kappa shape index (κ3) is 3.97. The lowest BCUT2D eigenvalue weighted by Crippen LogP contribution is -2.37. The summed E-state index contributed by atoms with van der Waals surface area (Å²) >= 11 is 17.9. The Morgan fingerprint density at radius 2 is 1.95 bits per heavy atom. The van der Waals surface area contributed by atoms with Crippen LogP contribution < -0.4 is 10.1 Å². The van der Waals surface area contributed by atoms with Gasteiger partial charge in [-0.25, -0.2) is 0 Å². The fourth-order valence-corrected chi connectivity index (χ4v) is 2.67. The molecule has 1 aromatic carbocycles. The summed E-state index contributed by atoms with van der Waals surface area (Å²) < 4.78 is 5.57. The molecule has 1 atom stereocenters. The lowest BCUT2D eigenvalue weighted by molar-refractivity contribution is -0.117. The lowest BCUT2D eigenvalue weighted by Gasteiger charge is -2.18. The molecule has 0 fully saturated rings. The van der Waals surface area contributed by atoms with Crippen molar-refractivity contribution in [1.29, 1.82) is 0 Å². The summed E-state index contributed by atoms with van der Waals surface area (Å²) in [6, 6.07) is 4.77. The van der Waals surface area contributed by atoms with Gasteiger partial charge >= 0.3 is 0 Å². The number of H-pyrrole nitrogens is 1. The van der Waals surface area contributed by atoms with Crippen molar-refractivity contribution in [3.05, 3.63) is 57.8 Å². The van der Waals surface area contributed by atoms with Gasteiger partial charge in [0.2, 0.25) is 0 Å². The summed E-state index contributed by atoms with van der Waals surface area (Å²) in [4.78, 5) is 14.9. The van der Waals surface area contributed by atoms with Crippen molar-refractivity contribution < 1.29 is 9.53 Å². The van der Waals surface area contributed by atoms with Crippen molar-refractivity contribution in [3.63, 3.8) is 0 Å². The molecule has 2 rings (SSSR count). The second-order valence-corrected chi connectivity index (χ2v) is 5.76. The van der Waals surface area contributed by atoms with Gasteiger partial charge in [-0.1, -0.05) is 41.4 Å². The Balaban J connectivity index is 2.03. The Bertz CT molecular complexity index is 676. The van der Waals surface area contributed by atoms with Crippen LogP contribution in [0.2, 0.25) is 15.1 Å². The summed E-state index contributed by atoms with van der Waals surface area (Å²) in [5.74, 6) is -0.0962. The quantitative estimate of drug-likeness (QED) is 0.609. The smallest absolute Gasteiger partial charge is 0.254 e. The molecule has 1 unspecified atom stereocenters. The van der Waals surface area contributed by atoms with Gasteiger partial charge in [0.1, 0.15) is 0 Å². The molecule has 1 heterocycles. The molecule has 0 saturated carbocycles. The number of aromatic amines is 1. The number of benzene rings is 1. The number of nitrogens with one attached hydrogen (secondary N) is 2. The number of halogens is 3. The van der Waals surface area contributed by atoms with E-state index in [1.54, 1.807) is 25.4 Å². The monoisotopic (exact) mass is 358 g/mol. The fraction of sp³-hybridized carbons (Fsp3) is 0.133. The summed E-state index contributed by atoms with van der Waals surface area (Å²) in [5, 5.41) is 3.60. The number of amides is 1. The maximum atomic E-state index is 12.1. The molecule has 7 heteroatoms. The van der Waals surface area contributed by atoms with Gasteiger partial charge in [0.05, 0.1) is 10.0 Å². The Morgan fingerprint density at radius 3 is 2.50 bits per heavy atom. The number of aromatic nitrogens is 1. The number of hydrogen-bond donors (Lipinski definition) is 2. The molecule has 0 spiro atoms. The minimum Gasteiger partial charge on any atom is -0.468 e. The zero-order chi connectivity index (χ0) is 16.3. The highest BCUT2D eigenvalue weighted by molar-refractivity contribution is 6.40. The van der Waals surface area contributed by atoms with Gasteiger partial charge in [0.15, 0.2) is 12.0 Å². The molecule has 116 valence electrons. The van der Waals surface area contributed by atoms with E-state index in [1.165, 1.54) is 12.1 Å². The molecule has 22 heavy (non-hydrogen) atoms. The largest absolute Gasteiger partial charge is 0.468 e. The van der Waals surface area contributed by atoms with Crippen LogP contribution in [0.3, 0.4) is 0 Å². The average Bonchev–Trinajstić information content (AvgIpc) is 2.95. The predicted octanol–water partition coefficient (Wildman–Crippen LogP) is 4.53. The van der Waals surface area contributed by atoms with Gasteiger partial charge < -0.3 is 15.0 Å². The molecule has 4 nitrogen and oxygen atoms in total. The highest BCUT2D eigenvalue weighted by Gasteiger charge is 2.16. The number of rotatable bonds is 5. The first-order valence-electron chi connectivity index (χ1n) is 6.32. The first-order valence-corrected chi connectivity index (χ1v) is 7.46. The van der Waals surface area contributed by atoms with Crippen molar-refractivity contribution in [3.8, 4) is 5.75 Å². The molecule has 0 aliphatic carbocycles. The van der Waals surface area contributed by atoms with Crippen LogP contribution in [-0.2, 0) is 4.79 Å². The molecule has 0 aliphatic heterocycles. The summed E-state index contributed by atoms with van der Waals surface area (Å²) in [5.41, 5.74) is 1.03. The minimum absolute atomic E-state index is 0.257. The van der Waals surface area contributed by atoms with Gasteiger partial charge in [-0.3, -0.25) is 4.79 Å². The summed E-state index contributed by atoms with van der Waals surface area (Å²) in [6.45, 7) is 5.40.